The zero-order chi connectivity index (χ0) is 14.5. The zero-order valence-corrected chi connectivity index (χ0v) is 12.9. The Labute approximate surface area is 123 Å². The third kappa shape index (κ3) is 3.52. The van der Waals surface area contributed by atoms with Crippen LogP contribution in [0.4, 0.5) is 0 Å². The highest BCUT2D eigenvalue weighted by atomic mass is 32.1. The van der Waals surface area contributed by atoms with Crippen molar-refractivity contribution < 1.29 is 14.6 Å². The first-order valence-electron chi connectivity index (χ1n) is 6.70. The summed E-state index contributed by atoms with van der Waals surface area (Å²) in [4.78, 5) is 2.56. The molecule has 3 nitrogen and oxygen atoms in total. The molecule has 0 unspecified atom stereocenters. The summed E-state index contributed by atoms with van der Waals surface area (Å²) in [5.41, 5.74) is 0.818. The molecule has 4 heteroatoms. The number of aliphatic hydroxyl groups is 1. The summed E-state index contributed by atoms with van der Waals surface area (Å²) in [7, 11) is 1.61. The van der Waals surface area contributed by atoms with Gasteiger partial charge in [-0.15, -0.1) is 11.3 Å². The van der Waals surface area contributed by atoms with Gasteiger partial charge >= 0.3 is 0 Å². The maximum Gasteiger partial charge on any atom is 0.161 e. The Morgan fingerprint density at radius 2 is 1.90 bits per heavy atom. The van der Waals surface area contributed by atoms with Crippen molar-refractivity contribution in [1.29, 1.82) is 0 Å². The number of hydrogen-bond acceptors (Lipinski definition) is 4. The minimum atomic E-state index is -0.512. The summed E-state index contributed by atoms with van der Waals surface area (Å²) in [6, 6.07) is 9.74. The van der Waals surface area contributed by atoms with E-state index in [1.807, 2.05) is 18.2 Å². The SMILES string of the molecule is CCc1ccc(COc2ccc([C@H](C)O)cc2OC)s1. The number of methoxy groups -OCH3 is 1. The van der Waals surface area contributed by atoms with E-state index in [0.717, 1.165) is 12.0 Å². The average molecular weight is 292 g/mol. The van der Waals surface area contributed by atoms with Crippen LogP contribution >= 0.6 is 11.3 Å². The Morgan fingerprint density at radius 3 is 2.50 bits per heavy atom. The Morgan fingerprint density at radius 1 is 1.15 bits per heavy atom. The monoisotopic (exact) mass is 292 g/mol. The van der Waals surface area contributed by atoms with Gasteiger partial charge in [0.2, 0.25) is 0 Å². The fraction of sp³-hybridized carbons (Fsp3) is 0.375. The lowest BCUT2D eigenvalue weighted by Gasteiger charge is -2.12. The van der Waals surface area contributed by atoms with Crippen LogP contribution in [-0.4, -0.2) is 12.2 Å². The molecule has 2 aromatic rings. The van der Waals surface area contributed by atoms with Gasteiger partial charge in [-0.3, -0.25) is 0 Å². The Bertz CT molecular complexity index is 561. The number of thiophene rings is 1. The summed E-state index contributed by atoms with van der Waals surface area (Å²) in [6.45, 7) is 4.41. The van der Waals surface area contributed by atoms with Gasteiger partial charge in [-0.2, -0.15) is 0 Å². The van der Waals surface area contributed by atoms with E-state index in [1.54, 1.807) is 25.4 Å². The second-order valence-electron chi connectivity index (χ2n) is 4.60. The van der Waals surface area contributed by atoms with Crippen molar-refractivity contribution in [3.05, 3.63) is 45.6 Å². The highest BCUT2D eigenvalue weighted by molar-refractivity contribution is 7.11. The molecule has 0 aliphatic rings. The standard InChI is InChI=1S/C16H20O3S/c1-4-13-6-7-14(20-13)10-19-15-8-5-12(11(2)17)9-16(15)18-3/h5-9,11,17H,4,10H2,1-3H3/t11-/m0/s1. The Kier molecular flexibility index (Phi) is 5.04. The number of rotatable bonds is 6. The van der Waals surface area contributed by atoms with Crippen LogP contribution in [-0.2, 0) is 13.0 Å². The van der Waals surface area contributed by atoms with Crippen molar-refractivity contribution in [3.8, 4) is 11.5 Å². The van der Waals surface area contributed by atoms with Crippen molar-refractivity contribution in [1.82, 2.24) is 0 Å². The van der Waals surface area contributed by atoms with Gasteiger partial charge in [0.15, 0.2) is 11.5 Å². The summed E-state index contributed by atoms with van der Waals surface area (Å²) in [5.74, 6) is 1.35. The van der Waals surface area contributed by atoms with E-state index >= 15 is 0 Å². The first kappa shape index (κ1) is 14.9. The lowest BCUT2D eigenvalue weighted by Crippen LogP contribution is -1.98. The molecule has 0 amide bonds. The maximum absolute atomic E-state index is 9.58. The van der Waals surface area contributed by atoms with Crippen LogP contribution in [0.25, 0.3) is 0 Å². The van der Waals surface area contributed by atoms with E-state index < -0.39 is 6.10 Å². The molecule has 1 N–H and O–H groups in total. The van der Waals surface area contributed by atoms with E-state index in [4.69, 9.17) is 9.47 Å². The molecule has 0 aliphatic carbocycles. The number of ether oxygens (including phenoxy) is 2. The third-order valence-corrected chi connectivity index (χ3v) is 4.31. The first-order chi connectivity index (χ1) is 9.63. The van der Waals surface area contributed by atoms with Gasteiger partial charge in [-0.25, -0.2) is 0 Å². The molecular formula is C16H20O3S. The smallest absolute Gasteiger partial charge is 0.161 e. The molecule has 0 bridgehead atoms. The molecule has 0 aliphatic heterocycles. The van der Waals surface area contributed by atoms with Crippen molar-refractivity contribution in [2.45, 2.75) is 33.0 Å². The molecule has 2 rings (SSSR count). The van der Waals surface area contributed by atoms with Gasteiger partial charge < -0.3 is 14.6 Å². The molecule has 0 saturated carbocycles. The van der Waals surface area contributed by atoms with Gasteiger partial charge in [0.05, 0.1) is 13.2 Å². The number of hydrogen-bond donors (Lipinski definition) is 1. The van der Waals surface area contributed by atoms with E-state index in [0.29, 0.717) is 18.1 Å². The van der Waals surface area contributed by atoms with Crippen LogP contribution in [0.3, 0.4) is 0 Å². The van der Waals surface area contributed by atoms with Crippen LogP contribution in [0, 0.1) is 0 Å². The predicted octanol–water partition coefficient (Wildman–Crippen LogP) is 3.95. The molecule has 1 atom stereocenters. The van der Waals surface area contributed by atoms with E-state index in [1.165, 1.54) is 9.75 Å². The largest absolute Gasteiger partial charge is 0.493 e. The molecule has 1 aromatic heterocycles. The zero-order valence-electron chi connectivity index (χ0n) is 12.1. The second kappa shape index (κ2) is 6.77. The minimum Gasteiger partial charge on any atom is -0.493 e. The third-order valence-electron chi connectivity index (χ3n) is 3.11. The van der Waals surface area contributed by atoms with Crippen LogP contribution in [0.2, 0.25) is 0 Å². The number of aryl methyl sites for hydroxylation is 1. The highest BCUT2D eigenvalue weighted by Crippen LogP contribution is 2.31. The lowest BCUT2D eigenvalue weighted by atomic mass is 10.1. The molecular weight excluding hydrogens is 272 g/mol. The lowest BCUT2D eigenvalue weighted by molar-refractivity contribution is 0.198. The predicted molar refractivity (Wildman–Crippen MR) is 81.7 cm³/mol. The fourth-order valence-electron chi connectivity index (χ4n) is 1.90. The highest BCUT2D eigenvalue weighted by Gasteiger charge is 2.09. The Balaban J connectivity index is 2.08. The number of benzene rings is 1. The molecule has 1 heterocycles. The Hall–Kier alpha value is -1.52. The molecule has 108 valence electrons. The van der Waals surface area contributed by atoms with Gasteiger partial charge in [-0.1, -0.05) is 13.0 Å². The molecule has 20 heavy (non-hydrogen) atoms. The second-order valence-corrected chi connectivity index (χ2v) is 5.85. The number of aliphatic hydroxyl groups excluding tert-OH is 1. The van der Waals surface area contributed by atoms with Crippen LogP contribution in [0.15, 0.2) is 30.3 Å². The average Bonchev–Trinajstić information content (AvgIpc) is 2.92. The molecule has 0 radical (unpaired) electrons. The maximum atomic E-state index is 9.58. The first-order valence-corrected chi connectivity index (χ1v) is 7.52. The van der Waals surface area contributed by atoms with Crippen molar-refractivity contribution >= 4 is 11.3 Å². The minimum absolute atomic E-state index is 0.512. The van der Waals surface area contributed by atoms with Gasteiger partial charge in [0.25, 0.3) is 0 Å². The molecule has 0 spiro atoms. The van der Waals surface area contributed by atoms with E-state index in [-0.39, 0.29) is 0 Å². The topological polar surface area (TPSA) is 38.7 Å². The van der Waals surface area contributed by atoms with Gasteiger partial charge in [-0.05, 0) is 43.2 Å². The fourth-order valence-corrected chi connectivity index (χ4v) is 2.77. The van der Waals surface area contributed by atoms with Gasteiger partial charge in [0, 0.05) is 9.75 Å². The normalized spacial score (nSPS) is 12.2. The van der Waals surface area contributed by atoms with Gasteiger partial charge in [0.1, 0.15) is 6.61 Å². The van der Waals surface area contributed by atoms with Crippen molar-refractivity contribution in [3.63, 3.8) is 0 Å². The van der Waals surface area contributed by atoms with E-state index in [2.05, 4.69) is 19.1 Å². The van der Waals surface area contributed by atoms with Crippen LogP contribution in [0.5, 0.6) is 11.5 Å². The summed E-state index contributed by atoms with van der Waals surface area (Å²) in [5, 5.41) is 9.58. The van der Waals surface area contributed by atoms with Crippen molar-refractivity contribution in [2.24, 2.45) is 0 Å². The van der Waals surface area contributed by atoms with Crippen LogP contribution in [0.1, 0.15) is 35.3 Å². The summed E-state index contributed by atoms with van der Waals surface area (Å²) < 4.78 is 11.1. The summed E-state index contributed by atoms with van der Waals surface area (Å²) in [6.07, 6.45) is 0.541. The van der Waals surface area contributed by atoms with E-state index in [9.17, 15) is 5.11 Å². The quantitative estimate of drug-likeness (QED) is 0.876. The van der Waals surface area contributed by atoms with Crippen LogP contribution < -0.4 is 9.47 Å². The molecule has 0 fully saturated rings. The van der Waals surface area contributed by atoms with Crippen molar-refractivity contribution in [2.75, 3.05) is 7.11 Å². The molecule has 0 saturated heterocycles. The molecule has 1 aromatic carbocycles. The summed E-state index contributed by atoms with van der Waals surface area (Å²) >= 11 is 1.77.